The highest BCUT2D eigenvalue weighted by atomic mass is 16.4. The molecule has 0 unspecified atom stereocenters. The Labute approximate surface area is 89.6 Å². The van der Waals surface area contributed by atoms with Crippen LogP contribution in [0.5, 0.6) is 0 Å². The zero-order valence-electron chi connectivity index (χ0n) is 8.97. The zero-order valence-corrected chi connectivity index (χ0v) is 8.97. The molecule has 3 nitrogen and oxygen atoms in total. The van der Waals surface area contributed by atoms with Crippen molar-refractivity contribution in [1.29, 1.82) is 0 Å². The lowest BCUT2D eigenvalue weighted by Crippen LogP contribution is -2.26. The zero-order chi connectivity index (χ0) is 10.7. The van der Waals surface area contributed by atoms with Crippen LogP contribution in [0.3, 0.4) is 0 Å². The van der Waals surface area contributed by atoms with Gasteiger partial charge >= 0.3 is 0 Å². The molecule has 0 amide bonds. The molecule has 0 spiro atoms. The van der Waals surface area contributed by atoms with Gasteiger partial charge in [-0.3, -0.25) is 0 Å². The second-order valence-corrected chi connectivity index (χ2v) is 3.86. The highest BCUT2D eigenvalue weighted by molar-refractivity contribution is 6.71. The van der Waals surface area contributed by atoms with Crippen LogP contribution in [-0.4, -0.2) is 16.9 Å². The average molecular weight is 200 g/mol. The molecule has 15 heavy (non-hydrogen) atoms. The largest absolute Gasteiger partial charge is 0.428 e. The summed E-state index contributed by atoms with van der Waals surface area (Å²) in [6.07, 6.45) is 2.08. The van der Waals surface area contributed by atoms with Gasteiger partial charge in [0.05, 0.1) is 6.42 Å². The van der Waals surface area contributed by atoms with E-state index in [9.17, 15) is 0 Å². The van der Waals surface area contributed by atoms with Crippen molar-refractivity contribution < 1.29 is 4.42 Å². The van der Waals surface area contributed by atoms with E-state index in [0.717, 1.165) is 0 Å². The van der Waals surface area contributed by atoms with Gasteiger partial charge in [0.15, 0.2) is 6.71 Å². The summed E-state index contributed by atoms with van der Waals surface area (Å²) < 4.78 is 5.15. The van der Waals surface area contributed by atoms with Crippen LogP contribution in [-0.2, 0) is 6.42 Å². The van der Waals surface area contributed by atoms with Gasteiger partial charge in [0.1, 0.15) is 0 Å². The third-order valence-electron chi connectivity index (χ3n) is 2.42. The Morgan fingerprint density at radius 3 is 2.73 bits per heavy atom. The molecule has 2 aromatic rings. The number of hydrogen-bond donors (Lipinski definition) is 0. The lowest BCUT2D eigenvalue weighted by atomic mass is 9.48. The van der Waals surface area contributed by atoms with Gasteiger partial charge in [-0.25, -0.2) is 0 Å². The number of hydrogen-bond acceptors (Lipinski definition) is 3. The van der Waals surface area contributed by atoms with Crippen LogP contribution < -0.4 is 5.46 Å². The first-order valence-electron chi connectivity index (χ1n) is 5.10. The second-order valence-electron chi connectivity index (χ2n) is 3.86. The third-order valence-corrected chi connectivity index (χ3v) is 2.42. The summed E-state index contributed by atoms with van der Waals surface area (Å²) in [5.74, 6) is 0.670. The first kappa shape index (κ1) is 9.96. The Kier molecular flexibility index (Phi) is 2.85. The van der Waals surface area contributed by atoms with E-state index in [4.69, 9.17) is 4.42 Å². The Hall–Kier alpha value is -1.58. The summed E-state index contributed by atoms with van der Waals surface area (Å²) in [4.78, 5) is 0. The monoisotopic (exact) mass is 200 g/mol. The van der Waals surface area contributed by atoms with Crippen molar-refractivity contribution in [2.45, 2.75) is 20.1 Å². The van der Waals surface area contributed by atoms with E-state index >= 15 is 0 Å². The quantitative estimate of drug-likeness (QED) is 0.706. The molecule has 0 aliphatic rings. The van der Waals surface area contributed by atoms with Crippen LogP contribution >= 0.6 is 0 Å². The SMILES string of the molecule is CB(C)c1ccccc1Cc1nnco1. The molecule has 0 saturated heterocycles. The molecule has 1 aromatic heterocycles. The molecule has 1 aromatic carbocycles. The Bertz CT molecular complexity index is 426. The maximum atomic E-state index is 5.15. The molecule has 76 valence electrons. The first-order valence-corrected chi connectivity index (χ1v) is 5.10. The Balaban J connectivity index is 2.28. The molecule has 2 rings (SSSR count). The molecule has 0 saturated carbocycles. The molecular formula is C11H13BN2O. The van der Waals surface area contributed by atoms with E-state index in [1.165, 1.54) is 17.4 Å². The van der Waals surface area contributed by atoms with E-state index in [0.29, 0.717) is 19.0 Å². The fraction of sp³-hybridized carbons (Fsp3) is 0.273. The van der Waals surface area contributed by atoms with Gasteiger partial charge in [-0.15, -0.1) is 10.2 Å². The number of rotatable bonds is 3. The van der Waals surface area contributed by atoms with E-state index in [1.54, 1.807) is 0 Å². The standard InChI is InChI=1S/C11H13BN2O/c1-12(2)10-6-4-3-5-9(10)7-11-14-13-8-15-11/h3-6,8H,7H2,1-2H3. The molecule has 0 aliphatic carbocycles. The molecule has 0 radical (unpaired) electrons. The molecule has 0 N–H and O–H groups in total. The van der Waals surface area contributed by atoms with E-state index < -0.39 is 0 Å². The Morgan fingerprint density at radius 2 is 2.07 bits per heavy atom. The molecule has 0 bridgehead atoms. The summed E-state index contributed by atoms with van der Waals surface area (Å²) in [7, 11) is 0. The summed E-state index contributed by atoms with van der Waals surface area (Å²) in [5, 5.41) is 7.57. The van der Waals surface area contributed by atoms with Crippen LogP contribution in [0, 0.1) is 0 Å². The predicted molar refractivity (Wildman–Crippen MR) is 60.7 cm³/mol. The molecule has 4 heteroatoms. The van der Waals surface area contributed by atoms with Crippen molar-refractivity contribution in [3.63, 3.8) is 0 Å². The topological polar surface area (TPSA) is 38.9 Å². The van der Waals surface area contributed by atoms with Crippen LogP contribution in [0.15, 0.2) is 35.1 Å². The smallest absolute Gasteiger partial charge is 0.220 e. The fourth-order valence-electron chi connectivity index (χ4n) is 1.69. The van der Waals surface area contributed by atoms with Gasteiger partial charge in [0.25, 0.3) is 0 Å². The van der Waals surface area contributed by atoms with Crippen molar-refractivity contribution in [2.75, 3.05) is 0 Å². The normalized spacial score (nSPS) is 10.3. The van der Waals surface area contributed by atoms with Gasteiger partial charge in [0, 0.05) is 0 Å². The highest BCUT2D eigenvalue weighted by Crippen LogP contribution is 2.05. The minimum Gasteiger partial charge on any atom is -0.428 e. The lowest BCUT2D eigenvalue weighted by molar-refractivity contribution is 0.505. The van der Waals surface area contributed by atoms with E-state index in [2.05, 4.69) is 42.0 Å². The number of nitrogens with zero attached hydrogens (tertiary/aromatic N) is 2. The van der Waals surface area contributed by atoms with Gasteiger partial charge < -0.3 is 4.42 Å². The maximum absolute atomic E-state index is 5.15. The molecule has 0 fully saturated rings. The van der Waals surface area contributed by atoms with E-state index in [-0.39, 0.29) is 0 Å². The van der Waals surface area contributed by atoms with Crippen molar-refractivity contribution >= 4 is 12.2 Å². The van der Waals surface area contributed by atoms with Crippen molar-refractivity contribution in [3.8, 4) is 0 Å². The van der Waals surface area contributed by atoms with Gasteiger partial charge in [-0.1, -0.05) is 43.4 Å². The van der Waals surface area contributed by atoms with Crippen molar-refractivity contribution in [3.05, 3.63) is 42.1 Å². The average Bonchev–Trinajstić information content (AvgIpc) is 2.71. The number of aromatic nitrogens is 2. The molecule has 0 aliphatic heterocycles. The molecular weight excluding hydrogens is 187 g/mol. The van der Waals surface area contributed by atoms with Gasteiger partial charge in [0.2, 0.25) is 12.3 Å². The highest BCUT2D eigenvalue weighted by Gasteiger charge is 2.10. The first-order chi connectivity index (χ1) is 7.27. The fourth-order valence-corrected chi connectivity index (χ4v) is 1.69. The van der Waals surface area contributed by atoms with Gasteiger partial charge in [-0.2, -0.15) is 0 Å². The van der Waals surface area contributed by atoms with E-state index in [1.807, 2.05) is 6.07 Å². The Morgan fingerprint density at radius 1 is 1.27 bits per heavy atom. The van der Waals surface area contributed by atoms with Crippen LogP contribution in [0.2, 0.25) is 13.6 Å². The minimum absolute atomic E-state index is 0.518. The molecule has 0 atom stereocenters. The summed E-state index contributed by atoms with van der Waals surface area (Å²) in [6, 6.07) is 8.36. The third kappa shape index (κ3) is 2.26. The molecule has 1 heterocycles. The van der Waals surface area contributed by atoms with Crippen molar-refractivity contribution in [1.82, 2.24) is 10.2 Å². The summed E-state index contributed by atoms with van der Waals surface area (Å²) in [5.41, 5.74) is 2.60. The van der Waals surface area contributed by atoms with Crippen LogP contribution in [0.25, 0.3) is 0 Å². The second kappa shape index (κ2) is 4.30. The van der Waals surface area contributed by atoms with Crippen LogP contribution in [0.1, 0.15) is 11.5 Å². The summed E-state index contributed by atoms with van der Waals surface area (Å²) >= 11 is 0. The maximum Gasteiger partial charge on any atom is 0.220 e. The van der Waals surface area contributed by atoms with Gasteiger partial charge in [-0.05, 0) is 5.56 Å². The summed E-state index contributed by atoms with van der Waals surface area (Å²) in [6.45, 7) is 4.89. The predicted octanol–water partition coefficient (Wildman–Crippen LogP) is 1.62. The van der Waals surface area contributed by atoms with Crippen molar-refractivity contribution in [2.24, 2.45) is 0 Å². The minimum atomic E-state index is 0.518. The van der Waals surface area contributed by atoms with Crippen LogP contribution in [0.4, 0.5) is 0 Å². The lowest BCUT2D eigenvalue weighted by Gasteiger charge is -2.08. The number of benzene rings is 1.